The van der Waals surface area contributed by atoms with Gasteiger partial charge >= 0.3 is 0 Å². The summed E-state index contributed by atoms with van der Waals surface area (Å²) in [6, 6.07) is 0. The Bertz CT molecular complexity index is 297. The lowest BCUT2D eigenvalue weighted by molar-refractivity contribution is 0.617. The molecule has 0 unspecified atom stereocenters. The first-order chi connectivity index (χ1) is 6.12. The third-order valence-corrected chi connectivity index (χ3v) is 2.66. The average Bonchev–Trinajstić information content (AvgIpc) is 2.62. The number of aromatic amines is 1. The fourth-order valence-electron chi connectivity index (χ4n) is 1.71. The summed E-state index contributed by atoms with van der Waals surface area (Å²) in [6.45, 7) is 4.42. The van der Waals surface area contributed by atoms with Gasteiger partial charge in [0.05, 0.1) is 6.20 Å². The lowest BCUT2D eigenvalue weighted by Crippen LogP contribution is -2.20. The summed E-state index contributed by atoms with van der Waals surface area (Å²) in [5.41, 5.74) is 8.55. The minimum absolute atomic E-state index is 0.0444. The molecule has 3 nitrogen and oxygen atoms in total. The lowest BCUT2D eigenvalue weighted by atomic mass is 10.0. The van der Waals surface area contributed by atoms with Crippen molar-refractivity contribution in [3.63, 3.8) is 0 Å². The maximum absolute atomic E-state index is 6.13. The van der Waals surface area contributed by atoms with Gasteiger partial charge in [0.2, 0.25) is 0 Å². The number of nitrogens with two attached hydrogens (primary N) is 1. The molecule has 1 aromatic heterocycles. The van der Waals surface area contributed by atoms with Crippen molar-refractivity contribution in [3.05, 3.63) is 17.5 Å². The van der Waals surface area contributed by atoms with Crippen LogP contribution in [-0.4, -0.2) is 10.2 Å². The van der Waals surface area contributed by atoms with Crippen molar-refractivity contribution in [3.8, 4) is 0 Å². The Morgan fingerprint density at radius 1 is 1.62 bits per heavy atom. The topological polar surface area (TPSA) is 54.7 Å². The standard InChI is InChI=1S/C10H17N3/c1-7(2)5-9-8(6-12-13-9)10(11)3-4-10/h6-7H,3-5,11H2,1-2H3,(H,12,13). The Labute approximate surface area is 78.7 Å². The second-order valence-electron chi connectivity index (χ2n) is 4.52. The first kappa shape index (κ1) is 8.75. The quantitative estimate of drug-likeness (QED) is 0.739. The predicted molar refractivity (Wildman–Crippen MR) is 52.2 cm³/mol. The average molecular weight is 179 g/mol. The van der Waals surface area contributed by atoms with Crippen LogP contribution in [0, 0.1) is 5.92 Å². The SMILES string of the molecule is CC(C)Cc1[nH]ncc1C1(N)CC1. The van der Waals surface area contributed by atoms with Crippen LogP contribution in [0.3, 0.4) is 0 Å². The van der Waals surface area contributed by atoms with Crippen molar-refractivity contribution < 1.29 is 0 Å². The van der Waals surface area contributed by atoms with Crippen LogP contribution in [0.25, 0.3) is 0 Å². The summed E-state index contributed by atoms with van der Waals surface area (Å²) in [6.07, 6.45) is 5.16. The Hall–Kier alpha value is -0.830. The highest BCUT2D eigenvalue weighted by atomic mass is 15.1. The van der Waals surface area contributed by atoms with E-state index < -0.39 is 0 Å². The zero-order valence-corrected chi connectivity index (χ0v) is 8.30. The van der Waals surface area contributed by atoms with Crippen LogP contribution in [0.1, 0.15) is 37.9 Å². The van der Waals surface area contributed by atoms with Gasteiger partial charge in [-0.15, -0.1) is 0 Å². The van der Waals surface area contributed by atoms with Gasteiger partial charge in [-0.2, -0.15) is 5.10 Å². The second kappa shape index (κ2) is 2.84. The fourth-order valence-corrected chi connectivity index (χ4v) is 1.71. The van der Waals surface area contributed by atoms with Gasteiger partial charge in [-0.3, -0.25) is 5.10 Å². The second-order valence-corrected chi connectivity index (χ2v) is 4.52. The van der Waals surface area contributed by atoms with Crippen LogP contribution >= 0.6 is 0 Å². The van der Waals surface area contributed by atoms with Crippen LogP contribution in [-0.2, 0) is 12.0 Å². The molecule has 2 rings (SSSR count). The van der Waals surface area contributed by atoms with E-state index in [9.17, 15) is 0 Å². The van der Waals surface area contributed by atoms with Gasteiger partial charge < -0.3 is 5.73 Å². The molecule has 72 valence electrons. The van der Waals surface area contributed by atoms with Crippen molar-refractivity contribution in [1.82, 2.24) is 10.2 Å². The molecule has 1 aromatic rings. The number of nitrogens with zero attached hydrogens (tertiary/aromatic N) is 1. The molecular formula is C10H17N3. The first-order valence-corrected chi connectivity index (χ1v) is 4.93. The van der Waals surface area contributed by atoms with Crippen LogP contribution in [0.5, 0.6) is 0 Å². The summed E-state index contributed by atoms with van der Waals surface area (Å²) < 4.78 is 0. The van der Waals surface area contributed by atoms with Crippen molar-refractivity contribution in [2.24, 2.45) is 11.7 Å². The Morgan fingerprint density at radius 2 is 2.31 bits per heavy atom. The Balaban J connectivity index is 2.21. The van der Waals surface area contributed by atoms with Crippen LogP contribution in [0.4, 0.5) is 0 Å². The summed E-state index contributed by atoms with van der Waals surface area (Å²) in [5, 5.41) is 7.13. The van der Waals surface area contributed by atoms with Crippen LogP contribution in [0.15, 0.2) is 6.20 Å². The fraction of sp³-hybridized carbons (Fsp3) is 0.700. The van der Waals surface area contributed by atoms with E-state index in [0.29, 0.717) is 5.92 Å². The molecule has 0 amide bonds. The smallest absolute Gasteiger partial charge is 0.0540 e. The van der Waals surface area contributed by atoms with Gasteiger partial charge in [0, 0.05) is 16.8 Å². The highest BCUT2D eigenvalue weighted by Crippen LogP contribution is 2.43. The van der Waals surface area contributed by atoms with E-state index in [1.165, 1.54) is 11.3 Å². The molecular weight excluding hydrogens is 162 g/mol. The van der Waals surface area contributed by atoms with Gasteiger partial charge in [0.1, 0.15) is 0 Å². The predicted octanol–water partition coefficient (Wildman–Crippen LogP) is 1.56. The molecule has 0 aliphatic heterocycles. The van der Waals surface area contributed by atoms with Crippen LogP contribution < -0.4 is 5.73 Å². The minimum atomic E-state index is -0.0444. The molecule has 3 N–H and O–H groups in total. The Kier molecular flexibility index (Phi) is 1.91. The third kappa shape index (κ3) is 1.61. The molecule has 3 heteroatoms. The van der Waals surface area contributed by atoms with Gasteiger partial charge in [-0.1, -0.05) is 13.8 Å². The summed E-state index contributed by atoms with van der Waals surface area (Å²) in [4.78, 5) is 0. The van der Waals surface area contributed by atoms with E-state index in [2.05, 4.69) is 24.0 Å². The van der Waals surface area contributed by atoms with Crippen molar-refractivity contribution in [2.75, 3.05) is 0 Å². The van der Waals surface area contributed by atoms with Gasteiger partial charge in [0.25, 0.3) is 0 Å². The molecule has 1 saturated carbocycles. The molecule has 0 atom stereocenters. The van der Waals surface area contributed by atoms with Gasteiger partial charge in [-0.05, 0) is 25.2 Å². The minimum Gasteiger partial charge on any atom is -0.321 e. The highest BCUT2D eigenvalue weighted by molar-refractivity contribution is 5.31. The molecule has 0 radical (unpaired) electrons. The van der Waals surface area contributed by atoms with E-state index in [1.807, 2.05) is 6.20 Å². The molecule has 13 heavy (non-hydrogen) atoms. The van der Waals surface area contributed by atoms with Crippen molar-refractivity contribution in [1.29, 1.82) is 0 Å². The van der Waals surface area contributed by atoms with Gasteiger partial charge in [0.15, 0.2) is 0 Å². The zero-order chi connectivity index (χ0) is 9.47. The number of rotatable bonds is 3. The highest BCUT2D eigenvalue weighted by Gasteiger charge is 2.42. The van der Waals surface area contributed by atoms with Crippen molar-refractivity contribution in [2.45, 2.75) is 38.6 Å². The number of aromatic nitrogens is 2. The van der Waals surface area contributed by atoms with E-state index in [-0.39, 0.29) is 5.54 Å². The summed E-state index contributed by atoms with van der Waals surface area (Å²) in [5.74, 6) is 0.654. The maximum Gasteiger partial charge on any atom is 0.0540 e. The molecule has 0 bridgehead atoms. The molecule has 0 saturated heterocycles. The van der Waals surface area contributed by atoms with E-state index in [0.717, 1.165) is 19.3 Å². The normalized spacial score (nSPS) is 19.4. The van der Waals surface area contributed by atoms with Crippen molar-refractivity contribution >= 4 is 0 Å². The number of nitrogens with one attached hydrogen (secondary N) is 1. The lowest BCUT2D eigenvalue weighted by Gasteiger charge is -2.10. The van der Waals surface area contributed by atoms with Crippen LogP contribution in [0.2, 0.25) is 0 Å². The van der Waals surface area contributed by atoms with E-state index in [4.69, 9.17) is 5.73 Å². The zero-order valence-electron chi connectivity index (χ0n) is 8.30. The summed E-state index contributed by atoms with van der Waals surface area (Å²) >= 11 is 0. The first-order valence-electron chi connectivity index (χ1n) is 4.93. The van der Waals surface area contributed by atoms with Gasteiger partial charge in [-0.25, -0.2) is 0 Å². The number of hydrogen-bond acceptors (Lipinski definition) is 2. The maximum atomic E-state index is 6.13. The molecule has 1 aliphatic rings. The molecule has 1 fully saturated rings. The third-order valence-electron chi connectivity index (χ3n) is 2.66. The molecule has 1 aliphatic carbocycles. The molecule has 0 spiro atoms. The number of H-pyrrole nitrogens is 1. The number of hydrogen-bond donors (Lipinski definition) is 2. The Morgan fingerprint density at radius 3 is 2.85 bits per heavy atom. The van der Waals surface area contributed by atoms with E-state index >= 15 is 0 Å². The molecule has 1 heterocycles. The largest absolute Gasteiger partial charge is 0.321 e. The van der Waals surface area contributed by atoms with E-state index in [1.54, 1.807) is 0 Å². The summed E-state index contributed by atoms with van der Waals surface area (Å²) in [7, 11) is 0. The molecule has 0 aromatic carbocycles. The monoisotopic (exact) mass is 179 g/mol.